The smallest absolute Gasteiger partial charge is 0.215 e. The number of rotatable bonds is 6. The summed E-state index contributed by atoms with van der Waals surface area (Å²) in [5.74, 6) is 0.686. The number of aromatic nitrogens is 3. The van der Waals surface area contributed by atoms with Crippen LogP contribution in [0.25, 0.3) is 0 Å². The third kappa shape index (κ3) is 4.23. The molecule has 0 bridgehead atoms. The normalized spacial score (nSPS) is 18.0. The van der Waals surface area contributed by atoms with E-state index in [1.165, 1.54) is 10.6 Å². The Morgan fingerprint density at radius 3 is 2.79 bits per heavy atom. The van der Waals surface area contributed by atoms with E-state index in [4.69, 9.17) is 0 Å². The largest absolute Gasteiger partial charge is 0.314 e. The SMILES string of the molecule is CN(Cc1ncn[nH]1)S(=O)(=O)CCN1CCNCC1. The van der Waals surface area contributed by atoms with Crippen molar-refractivity contribution in [2.24, 2.45) is 0 Å². The second kappa shape index (κ2) is 6.42. The van der Waals surface area contributed by atoms with Crippen molar-refractivity contribution in [3.8, 4) is 0 Å². The lowest BCUT2D eigenvalue weighted by molar-refractivity contribution is 0.252. The van der Waals surface area contributed by atoms with E-state index in [0.29, 0.717) is 12.4 Å². The number of nitrogens with zero attached hydrogens (tertiary/aromatic N) is 4. The van der Waals surface area contributed by atoms with Crippen LogP contribution in [0.2, 0.25) is 0 Å². The van der Waals surface area contributed by atoms with Gasteiger partial charge in [-0.15, -0.1) is 0 Å². The van der Waals surface area contributed by atoms with Crippen molar-refractivity contribution in [2.75, 3.05) is 45.5 Å². The molecule has 1 aromatic heterocycles. The van der Waals surface area contributed by atoms with Crippen LogP contribution in [0, 0.1) is 0 Å². The average molecular weight is 288 g/mol. The van der Waals surface area contributed by atoms with Crippen molar-refractivity contribution >= 4 is 10.0 Å². The molecule has 1 fully saturated rings. The Balaban J connectivity index is 1.83. The van der Waals surface area contributed by atoms with Crippen LogP contribution >= 0.6 is 0 Å². The minimum absolute atomic E-state index is 0.137. The van der Waals surface area contributed by atoms with Crippen LogP contribution in [-0.4, -0.2) is 78.3 Å². The maximum atomic E-state index is 12.1. The van der Waals surface area contributed by atoms with Gasteiger partial charge < -0.3 is 5.32 Å². The summed E-state index contributed by atoms with van der Waals surface area (Å²) < 4.78 is 25.6. The van der Waals surface area contributed by atoms with E-state index in [1.807, 2.05) is 0 Å². The molecule has 0 saturated carbocycles. The molecule has 1 aliphatic rings. The minimum atomic E-state index is -3.25. The first-order valence-electron chi connectivity index (χ1n) is 6.29. The first kappa shape index (κ1) is 14.4. The molecule has 19 heavy (non-hydrogen) atoms. The van der Waals surface area contributed by atoms with Crippen LogP contribution in [0.4, 0.5) is 0 Å². The highest BCUT2D eigenvalue weighted by Gasteiger charge is 2.21. The quantitative estimate of drug-likeness (QED) is 0.660. The molecule has 108 valence electrons. The summed E-state index contributed by atoms with van der Waals surface area (Å²) in [6.45, 7) is 4.46. The number of aromatic amines is 1. The van der Waals surface area contributed by atoms with E-state index < -0.39 is 10.0 Å². The fraction of sp³-hybridized carbons (Fsp3) is 0.800. The second-order valence-corrected chi connectivity index (χ2v) is 6.79. The van der Waals surface area contributed by atoms with Gasteiger partial charge in [0.15, 0.2) is 0 Å². The fourth-order valence-electron chi connectivity index (χ4n) is 1.95. The molecule has 9 heteroatoms. The number of sulfonamides is 1. The van der Waals surface area contributed by atoms with Crippen molar-refractivity contribution in [2.45, 2.75) is 6.54 Å². The van der Waals surface area contributed by atoms with Gasteiger partial charge in [0.25, 0.3) is 0 Å². The maximum Gasteiger partial charge on any atom is 0.215 e. The summed E-state index contributed by atoms with van der Waals surface area (Å²) in [7, 11) is -1.69. The molecule has 1 aliphatic heterocycles. The third-order valence-corrected chi connectivity index (χ3v) is 4.96. The van der Waals surface area contributed by atoms with Crippen molar-refractivity contribution in [1.29, 1.82) is 0 Å². The third-order valence-electron chi connectivity index (χ3n) is 3.19. The van der Waals surface area contributed by atoms with E-state index in [2.05, 4.69) is 25.4 Å². The summed E-state index contributed by atoms with van der Waals surface area (Å²) in [6, 6.07) is 0. The summed E-state index contributed by atoms with van der Waals surface area (Å²) in [6.07, 6.45) is 1.37. The number of nitrogens with one attached hydrogen (secondary N) is 2. The Hall–Kier alpha value is -1.03. The fourth-order valence-corrected chi connectivity index (χ4v) is 3.07. The molecule has 0 amide bonds. The van der Waals surface area contributed by atoms with Crippen molar-refractivity contribution in [3.63, 3.8) is 0 Å². The van der Waals surface area contributed by atoms with E-state index in [9.17, 15) is 8.42 Å². The van der Waals surface area contributed by atoms with Crippen LogP contribution in [0.1, 0.15) is 5.82 Å². The molecule has 0 aromatic carbocycles. The maximum absolute atomic E-state index is 12.1. The van der Waals surface area contributed by atoms with Gasteiger partial charge in [0.05, 0.1) is 12.3 Å². The van der Waals surface area contributed by atoms with Gasteiger partial charge in [-0.2, -0.15) is 9.40 Å². The highest BCUT2D eigenvalue weighted by atomic mass is 32.2. The molecule has 0 radical (unpaired) electrons. The van der Waals surface area contributed by atoms with Crippen LogP contribution in [0.15, 0.2) is 6.33 Å². The summed E-state index contributed by atoms with van der Waals surface area (Å²) >= 11 is 0. The summed E-state index contributed by atoms with van der Waals surface area (Å²) in [5.41, 5.74) is 0. The van der Waals surface area contributed by atoms with Gasteiger partial charge in [0.1, 0.15) is 12.2 Å². The molecular weight excluding hydrogens is 268 g/mol. The monoisotopic (exact) mass is 288 g/mol. The zero-order chi connectivity index (χ0) is 13.7. The lowest BCUT2D eigenvalue weighted by Crippen LogP contribution is -2.46. The molecule has 2 N–H and O–H groups in total. The molecule has 8 nitrogen and oxygen atoms in total. The zero-order valence-corrected chi connectivity index (χ0v) is 11.9. The van der Waals surface area contributed by atoms with Crippen molar-refractivity contribution in [1.82, 2.24) is 29.7 Å². The number of piperazine rings is 1. The molecule has 2 heterocycles. The lowest BCUT2D eigenvalue weighted by Gasteiger charge is -2.27. The molecule has 0 unspecified atom stereocenters. The average Bonchev–Trinajstić information content (AvgIpc) is 2.90. The Kier molecular flexibility index (Phi) is 4.86. The second-order valence-electron chi connectivity index (χ2n) is 4.60. The topological polar surface area (TPSA) is 94.2 Å². The summed E-state index contributed by atoms with van der Waals surface area (Å²) in [4.78, 5) is 6.09. The zero-order valence-electron chi connectivity index (χ0n) is 11.0. The minimum Gasteiger partial charge on any atom is -0.314 e. The Bertz CT molecular complexity index is 468. The molecule has 2 rings (SSSR count). The summed E-state index contributed by atoms with van der Waals surface area (Å²) in [5, 5.41) is 9.61. The highest BCUT2D eigenvalue weighted by molar-refractivity contribution is 7.89. The standard InChI is InChI=1S/C10H20N6O2S/c1-15(8-10-12-9-13-14-10)19(17,18)7-6-16-4-2-11-3-5-16/h9,11H,2-8H2,1H3,(H,12,13,14). The van der Waals surface area contributed by atoms with Crippen LogP contribution in [0.5, 0.6) is 0 Å². The predicted octanol–water partition coefficient (Wildman–Crippen LogP) is -1.53. The Morgan fingerprint density at radius 2 is 2.16 bits per heavy atom. The molecular formula is C10H20N6O2S. The van der Waals surface area contributed by atoms with Gasteiger partial charge in [-0.1, -0.05) is 0 Å². The van der Waals surface area contributed by atoms with Crippen LogP contribution < -0.4 is 5.32 Å². The van der Waals surface area contributed by atoms with E-state index >= 15 is 0 Å². The first-order chi connectivity index (χ1) is 9.08. The molecule has 0 spiro atoms. The lowest BCUT2D eigenvalue weighted by atomic mass is 10.4. The van der Waals surface area contributed by atoms with Crippen LogP contribution in [0.3, 0.4) is 0 Å². The van der Waals surface area contributed by atoms with Gasteiger partial charge in [0, 0.05) is 39.8 Å². The van der Waals surface area contributed by atoms with E-state index in [-0.39, 0.29) is 12.3 Å². The Labute approximate surface area is 113 Å². The highest BCUT2D eigenvalue weighted by Crippen LogP contribution is 2.04. The first-order valence-corrected chi connectivity index (χ1v) is 7.90. The predicted molar refractivity (Wildman–Crippen MR) is 70.9 cm³/mol. The molecule has 1 saturated heterocycles. The Morgan fingerprint density at radius 1 is 1.42 bits per heavy atom. The van der Waals surface area contributed by atoms with Gasteiger partial charge in [-0.25, -0.2) is 13.4 Å². The van der Waals surface area contributed by atoms with Crippen LogP contribution in [-0.2, 0) is 16.6 Å². The van der Waals surface area contributed by atoms with Gasteiger partial charge in [-0.3, -0.25) is 10.00 Å². The van der Waals surface area contributed by atoms with Crippen molar-refractivity contribution in [3.05, 3.63) is 12.2 Å². The van der Waals surface area contributed by atoms with Gasteiger partial charge in [0.2, 0.25) is 10.0 Å². The number of H-pyrrole nitrogens is 1. The van der Waals surface area contributed by atoms with Crippen molar-refractivity contribution < 1.29 is 8.42 Å². The number of hydrogen-bond donors (Lipinski definition) is 2. The molecule has 0 aliphatic carbocycles. The van der Waals surface area contributed by atoms with E-state index in [1.54, 1.807) is 7.05 Å². The number of hydrogen-bond acceptors (Lipinski definition) is 6. The molecule has 1 aromatic rings. The van der Waals surface area contributed by atoms with Gasteiger partial charge in [-0.05, 0) is 0 Å². The molecule has 0 atom stereocenters. The van der Waals surface area contributed by atoms with E-state index in [0.717, 1.165) is 26.2 Å². The van der Waals surface area contributed by atoms with Gasteiger partial charge >= 0.3 is 0 Å².